The van der Waals surface area contributed by atoms with Crippen molar-refractivity contribution in [3.63, 3.8) is 0 Å². The van der Waals surface area contributed by atoms with E-state index in [-0.39, 0.29) is 5.69 Å². The molecule has 1 saturated carbocycles. The summed E-state index contributed by atoms with van der Waals surface area (Å²) in [6, 6.07) is 6.14. The molecule has 1 fully saturated rings. The molecule has 0 amide bonds. The van der Waals surface area contributed by atoms with Crippen LogP contribution >= 0.6 is 11.8 Å². The molecule has 0 bridgehead atoms. The van der Waals surface area contributed by atoms with Gasteiger partial charge in [-0.2, -0.15) is 4.98 Å². The second kappa shape index (κ2) is 7.31. The Morgan fingerprint density at radius 2 is 2.26 bits per heavy atom. The van der Waals surface area contributed by atoms with Crippen molar-refractivity contribution >= 4 is 17.4 Å². The molecular formula is C17H16N6O3S. The fourth-order valence-electron chi connectivity index (χ4n) is 2.67. The van der Waals surface area contributed by atoms with Crippen molar-refractivity contribution in [3.05, 3.63) is 58.7 Å². The van der Waals surface area contributed by atoms with Crippen LogP contribution in [-0.2, 0) is 12.3 Å². The molecule has 1 aromatic carbocycles. The highest BCUT2D eigenvalue weighted by Gasteiger charge is 2.30. The van der Waals surface area contributed by atoms with Gasteiger partial charge in [-0.1, -0.05) is 35.1 Å². The first-order chi connectivity index (χ1) is 13.2. The van der Waals surface area contributed by atoms with Gasteiger partial charge in [0.25, 0.3) is 5.69 Å². The smallest absolute Gasteiger partial charge is 0.270 e. The van der Waals surface area contributed by atoms with Crippen LogP contribution in [0.1, 0.15) is 30.5 Å². The largest absolute Gasteiger partial charge is 0.338 e. The Bertz CT molecular complexity index is 994. The van der Waals surface area contributed by atoms with Crippen LogP contribution in [-0.4, -0.2) is 29.8 Å². The third-order valence-electron chi connectivity index (χ3n) is 4.11. The second-order valence-corrected chi connectivity index (χ2v) is 7.06. The molecule has 1 aliphatic rings. The highest BCUT2D eigenvalue weighted by Crippen LogP contribution is 2.40. The normalized spacial score (nSPS) is 13.6. The number of non-ortho nitro benzene ring substituents is 1. The molecule has 2 aromatic heterocycles. The zero-order chi connectivity index (χ0) is 18.8. The molecule has 138 valence electrons. The second-order valence-electron chi connectivity index (χ2n) is 6.12. The minimum absolute atomic E-state index is 0.0154. The van der Waals surface area contributed by atoms with Gasteiger partial charge >= 0.3 is 0 Å². The molecule has 2 heterocycles. The maximum absolute atomic E-state index is 10.9. The number of thioether (sulfide) groups is 1. The molecular weight excluding hydrogens is 368 g/mol. The molecule has 9 nitrogen and oxygen atoms in total. The fourth-order valence-corrected chi connectivity index (χ4v) is 3.46. The van der Waals surface area contributed by atoms with E-state index in [1.807, 2.05) is 6.08 Å². The van der Waals surface area contributed by atoms with E-state index in [1.54, 1.807) is 12.1 Å². The zero-order valence-electron chi connectivity index (χ0n) is 14.3. The predicted octanol–water partition coefficient (Wildman–Crippen LogP) is 3.59. The number of allylic oxidation sites excluding steroid dienone is 1. The Kier molecular flexibility index (Phi) is 4.71. The number of hydrogen-bond donors (Lipinski definition) is 0. The average molecular weight is 384 g/mol. The van der Waals surface area contributed by atoms with Crippen molar-refractivity contribution in [1.82, 2.24) is 24.9 Å². The lowest BCUT2D eigenvalue weighted by atomic mass is 10.2. The Labute approximate surface area is 158 Å². The third kappa shape index (κ3) is 3.75. The SMILES string of the molecule is C=CCn1c(SCc2nc(-c3cccc([N+](=O)[O-])c3)no2)nnc1C1CC1. The van der Waals surface area contributed by atoms with Gasteiger partial charge in [0, 0.05) is 30.2 Å². The molecule has 0 spiro atoms. The number of benzene rings is 1. The average Bonchev–Trinajstić information content (AvgIpc) is 3.27. The van der Waals surface area contributed by atoms with Gasteiger partial charge in [-0.15, -0.1) is 16.8 Å². The van der Waals surface area contributed by atoms with E-state index in [1.165, 1.54) is 23.9 Å². The lowest BCUT2D eigenvalue weighted by Crippen LogP contribution is -2.02. The van der Waals surface area contributed by atoms with Gasteiger partial charge in [-0.3, -0.25) is 10.1 Å². The summed E-state index contributed by atoms with van der Waals surface area (Å²) in [5.74, 6) is 2.67. The first-order valence-electron chi connectivity index (χ1n) is 8.40. The highest BCUT2D eigenvalue weighted by atomic mass is 32.2. The molecule has 0 unspecified atom stereocenters. The Balaban J connectivity index is 1.48. The zero-order valence-corrected chi connectivity index (χ0v) is 15.1. The molecule has 0 saturated heterocycles. The van der Waals surface area contributed by atoms with E-state index in [0.717, 1.165) is 23.8 Å². The summed E-state index contributed by atoms with van der Waals surface area (Å²) < 4.78 is 7.34. The Hall–Kier alpha value is -3.01. The molecule has 0 radical (unpaired) electrons. The van der Waals surface area contributed by atoms with Gasteiger partial charge < -0.3 is 9.09 Å². The standard InChI is InChI=1S/C17H16N6O3S/c1-2-8-22-16(11-6-7-11)19-20-17(22)27-10-14-18-15(21-26-14)12-4-3-5-13(9-12)23(24)25/h2-5,9,11H,1,6-8,10H2. The topological polar surface area (TPSA) is 113 Å². The Morgan fingerprint density at radius 3 is 3.00 bits per heavy atom. The summed E-state index contributed by atoms with van der Waals surface area (Å²) in [5, 5.41) is 24.2. The van der Waals surface area contributed by atoms with Crippen molar-refractivity contribution in [2.24, 2.45) is 0 Å². The van der Waals surface area contributed by atoms with Crippen LogP contribution in [0.4, 0.5) is 5.69 Å². The van der Waals surface area contributed by atoms with E-state index < -0.39 is 4.92 Å². The van der Waals surface area contributed by atoms with Crippen molar-refractivity contribution in [1.29, 1.82) is 0 Å². The van der Waals surface area contributed by atoms with E-state index in [4.69, 9.17) is 4.52 Å². The first kappa shape index (κ1) is 17.4. The number of nitro groups is 1. The van der Waals surface area contributed by atoms with Crippen LogP contribution in [0.15, 0.2) is 46.6 Å². The van der Waals surface area contributed by atoms with E-state index in [2.05, 4.69) is 31.5 Å². The summed E-state index contributed by atoms with van der Waals surface area (Å²) in [6.45, 7) is 4.45. The van der Waals surface area contributed by atoms with Gasteiger partial charge in [-0.25, -0.2) is 0 Å². The third-order valence-corrected chi connectivity index (χ3v) is 5.06. The van der Waals surface area contributed by atoms with Crippen LogP contribution in [0.5, 0.6) is 0 Å². The van der Waals surface area contributed by atoms with Crippen molar-refractivity contribution < 1.29 is 9.45 Å². The molecule has 4 rings (SSSR count). The fraction of sp³-hybridized carbons (Fsp3) is 0.294. The number of nitro benzene ring substituents is 1. The number of nitrogens with zero attached hydrogens (tertiary/aromatic N) is 6. The maximum Gasteiger partial charge on any atom is 0.270 e. The van der Waals surface area contributed by atoms with Crippen LogP contribution in [0.25, 0.3) is 11.4 Å². The van der Waals surface area contributed by atoms with Gasteiger partial charge in [0.15, 0.2) is 5.16 Å². The van der Waals surface area contributed by atoms with Gasteiger partial charge in [0.2, 0.25) is 11.7 Å². The van der Waals surface area contributed by atoms with Crippen molar-refractivity contribution in [2.45, 2.75) is 36.2 Å². The van der Waals surface area contributed by atoms with Crippen LogP contribution in [0.2, 0.25) is 0 Å². The van der Waals surface area contributed by atoms with Gasteiger partial charge in [0.05, 0.1) is 10.7 Å². The molecule has 0 N–H and O–H groups in total. The van der Waals surface area contributed by atoms with Gasteiger partial charge in [0.1, 0.15) is 5.82 Å². The van der Waals surface area contributed by atoms with Crippen LogP contribution in [0, 0.1) is 10.1 Å². The van der Waals surface area contributed by atoms with E-state index in [9.17, 15) is 10.1 Å². The van der Waals surface area contributed by atoms with E-state index >= 15 is 0 Å². The van der Waals surface area contributed by atoms with Crippen molar-refractivity contribution in [3.8, 4) is 11.4 Å². The number of aromatic nitrogens is 5. The summed E-state index contributed by atoms with van der Waals surface area (Å²) in [7, 11) is 0. The van der Waals surface area contributed by atoms with Crippen LogP contribution in [0.3, 0.4) is 0 Å². The predicted molar refractivity (Wildman–Crippen MR) is 98.1 cm³/mol. The molecule has 27 heavy (non-hydrogen) atoms. The lowest BCUT2D eigenvalue weighted by Gasteiger charge is -2.05. The highest BCUT2D eigenvalue weighted by molar-refractivity contribution is 7.98. The molecule has 0 aliphatic heterocycles. The lowest BCUT2D eigenvalue weighted by molar-refractivity contribution is -0.384. The number of hydrogen-bond acceptors (Lipinski definition) is 8. The molecule has 10 heteroatoms. The monoisotopic (exact) mass is 384 g/mol. The summed E-state index contributed by atoms with van der Waals surface area (Å²) in [6.07, 6.45) is 4.12. The molecule has 0 atom stereocenters. The summed E-state index contributed by atoms with van der Waals surface area (Å²) in [5.41, 5.74) is 0.522. The number of rotatable bonds is 8. The molecule has 3 aromatic rings. The minimum atomic E-state index is -0.454. The quantitative estimate of drug-likeness (QED) is 0.251. The Morgan fingerprint density at radius 1 is 1.41 bits per heavy atom. The summed E-state index contributed by atoms with van der Waals surface area (Å²) >= 11 is 1.46. The molecule has 1 aliphatic carbocycles. The first-order valence-corrected chi connectivity index (χ1v) is 9.38. The van der Waals surface area contributed by atoms with Crippen LogP contribution < -0.4 is 0 Å². The summed E-state index contributed by atoms with van der Waals surface area (Å²) in [4.78, 5) is 14.8. The van der Waals surface area contributed by atoms with Crippen molar-refractivity contribution in [2.75, 3.05) is 0 Å². The van der Waals surface area contributed by atoms with E-state index in [0.29, 0.717) is 35.5 Å². The minimum Gasteiger partial charge on any atom is -0.338 e. The maximum atomic E-state index is 10.9. The van der Waals surface area contributed by atoms with Gasteiger partial charge in [-0.05, 0) is 12.8 Å².